The lowest BCUT2D eigenvalue weighted by molar-refractivity contribution is -0.146. The summed E-state index contributed by atoms with van der Waals surface area (Å²) in [6.45, 7) is 4.60. The van der Waals surface area contributed by atoms with E-state index in [0.29, 0.717) is 13.0 Å². The van der Waals surface area contributed by atoms with Crippen LogP contribution < -0.4 is 0 Å². The molecule has 0 saturated heterocycles. The lowest BCUT2D eigenvalue weighted by atomic mass is 9.91. The number of rotatable bonds is 4. The first kappa shape index (κ1) is 12.5. The monoisotopic (exact) mass is 213 g/mol. The SMILES string of the molecule is CCOC(=O)CC1(N(C)C)CCC(C)C1. The summed E-state index contributed by atoms with van der Waals surface area (Å²) in [6, 6.07) is 0. The predicted molar refractivity (Wildman–Crippen MR) is 60.7 cm³/mol. The first-order valence-electron chi connectivity index (χ1n) is 5.83. The summed E-state index contributed by atoms with van der Waals surface area (Å²) in [5.41, 5.74) is 0.0473. The van der Waals surface area contributed by atoms with Crippen molar-refractivity contribution in [3.05, 3.63) is 0 Å². The molecule has 0 spiro atoms. The maximum absolute atomic E-state index is 11.6. The number of carbonyl (C=O) groups is 1. The number of carbonyl (C=O) groups excluding carboxylic acids is 1. The third kappa shape index (κ3) is 2.94. The molecule has 1 aliphatic carbocycles. The van der Waals surface area contributed by atoms with Crippen LogP contribution in [0.2, 0.25) is 0 Å². The summed E-state index contributed by atoms with van der Waals surface area (Å²) in [5, 5.41) is 0. The van der Waals surface area contributed by atoms with E-state index in [9.17, 15) is 4.79 Å². The molecule has 0 bridgehead atoms. The van der Waals surface area contributed by atoms with Crippen molar-refractivity contribution in [2.45, 2.75) is 45.1 Å². The topological polar surface area (TPSA) is 29.5 Å². The van der Waals surface area contributed by atoms with Gasteiger partial charge in [0.1, 0.15) is 0 Å². The van der Waals surface area contributed by atoms with Gasteiger partial charge in [-0.2, -0.15) is 0 Å². The average molecular weight is 213 g/mol. The van der Waals surface area contributed by atoms with Crippen molar-refractivity contribution in [2.24, 2.45) is 5.92 Å². The highest BCUT2D eigenvalue weighted by Crippen LogP contribution is 2.40. The molecule has 0 aromatic heterocycles. The molecule has 1 fully saturated rings. The average Bonchev–Trinajstić information content (AvgIpc) is 2.49. The van der Waals surface area contributed by atoms with Gasteiger partial charge in [0.2, 0.25) is 0 Å². The molecule has 0 aromatic rings. The zero-order valence-electron chi connectivity index (χ0n) is 10.4. The van der Waals surface area contributed by atoms with Gasteiger partial charge in [0, 0.05) is 5.54 Å². The van der Waals surface area contributed by atoms with Crippen LogP contribution in [-0.4, -0.2) is 37.1 Å². The molecule has 3 heteroatoms. The molecule has 0 heterocycles. The fourth-order valence-corrected chi connectivity index (χ4v) is 2.57. The van der Waals surface area contributed by atoms with Crippen LogP contribution >= 0.6 is 0 Å². The van der Waals surface area contributed by atoms with Crippen LogP contribution in [-0.2, 0) is 9.53 Å². The predicted octanol–water partition coefficient (Wildman–Crippen LogP) is 2.06. The largest absolute Gasteiger partial charge is 0.466 e. The van der Waals surface area contributed by atoms with E-state index in [1.807, 2.05) is 6.92 Å². The summed E-state index contributed by atoms with van der Waals surface area (Å²) in [4.78, 5) is 13.8. The summed E-state index contributed by atoms with van der Waals surface area (Å²) in [6.07, 6.45) is 3.98. The van der Waals surface area contributed by atoms with Gasteiger partial charge in [-0.1, -0.05) is 6.92 Å². The van der Waals surface area contributed by atoms with Crippen molar-refractivity contribution < 1.29 is 9.53 Å². The third-order valence-corrected chi connectivity index (χ3v) is 3.56. The molecule has 0 amide bonds. The molecule has 15 heavy (non-hydrogen) atoms. The van der Waals surface area contributed by atoms with Crippen LogP contribution in [0.15, 0.2) is 0 Å². The molecule has 0 aromatic carbocycles. The second-order valence-corrected chi connectivity index (χ2v) is 4.95. The standard InChI is InChI=1S/C12H23NO2/c1-5-15-11(14)9-12(13(3)4)7-6-10(2)8-12/h10H,5-9H2,1-4H3. The van der Waals surface area contributed by atoms with Gasteiger partial charge in [-0.25, -0.2) is 0 Å². The van der Waals surface area contributed by atoms with E-state index >= 15 is 0 Å². The summed E-state index contributed by atoms with van der Waals surface area (Å²) in [5.74, 6) is 0.669. The Morgan fingerprint density at radius 3 is 2.60 bits per heavy atom. The maximum atomic E-state index is 11.6. The van der Waals surface area contributed by atoms with Crippen molar-refractivity contribution in [3.8, 4) is 0 Å². The minimum absolute atomic E-state index is 0.0473. The molecule has 0 N–H and O–H groups in total. The second kappa shape index (κ2) is 4.97. The van der Waals surface area contributed by atoms with Crippen LogP contribution in [0.25, 0.3) is 0 Å². The van der Waals surface area contributed by atoms with Gasteiger partial charge in [-0.05, 0) is 46.2 Å². The lowest BCUT2D eigenvalue weighted by Gasteiger charge is -2.35. The normalized spacial score (nSPS) is 30.9. The first-order valence-corrected chi connectivity index (χ1v) is 5.83. The van der Waals surface area contributed by atoms with Crippen molar-refractivity contribution in [2.75, 3.05) is 20.7 Å². The second-order valence-electron chi connectivity index (χ2n) is 4.95. The number of hydrogen-bond acceptors (Lipinski definition) is 3. The van der Waals surface area contributed by atoms with E-state index in [2.05, 4.69) is 25.9 Å². The van der Waals surface area contributed by atoms with Crippen molar-refractivity contribution in [3.63, 3.8) is 0 Å². The number of ether oxygens (including phenoxy) is 1. The molecule has 1 aliphatic rings. The Morgan fingerprint density at radius 2 is 2.20 bits per heavy atom. The molecule has 0 radical (unpaired) electrons. The lowest BCUT2D eigenvalue weighted by Crippen LogP contribution is -2.44. The Kier molecular flexibility index (Phi) is 4.14. The van der Waals surface area contributed by atoms with Gasteiger partial charge in [0.05, 0.1) is 13.0 Å². The number of hydrogen-bond donors (Lipinski definition) is 0. The molecular weight excluding hydrogens is 190 g/mol. The molecule has 0 aliphatic heterocycles. The smallest absolute Gasteiger partial charge is 0.307 e. The van der Waals surface area contributed by atoms with E-state index in [1.54, 1.807) is 0 Å². The molecule has 1 saturated carbocycles. The van der Waals surface area contributed by atoms with Crippen LogP contribution in [0, 0.1) is 5.92 Å². The van der Waals surface area contributed by atoms with Gasteiger partial charge in [0.15, 0.2) is 0 Å². The van der Waals surface area contributed by atoms with Crippen LogP contribution in [0.3, 0.4) is 0 Å². The third-order valence-electron chi connectivity index (χ3n) is 3.56. The molecule has 1 rings (SSSR count). The Morgan fingerprint density at radius 1 is 1.53 bits per heavy atom. The molecule has 2 atom stereocenters. The van der Waals surface area contributed by atoms with Crippen LogP contribution in [0.4, 0.5) is 0 Å². The van der Waals surface area contributed by atoms with E-state index < -0.39 is 0 Å². The van der Waals surface area contributed by atoms with Gasteiger partial charge < -0.3 is 9.64 Å². The number of nitrogens with zero attached hydrogens (tertiary/aromatic N) is 1. The highest BCUT2D eigenvalue weighted by Gasteiger charge is 2.41. The minimum atomic E-state index is -0.0553. The Balaban J connectivity index is 2.63. The van der Waals surface area contributed by atoms with E-state index in [0.717, 1.165) is 18.8 Å². The van der Waals surface area contributed by atoms with E-state index in [1.165, 1.54) is 6.42 Å². The van der Waals surface area contributed by atoms with Gasteiger partial charge >= 0.3 is 5.97 Å². The van der Waals surface area contributed by atoms with Crippen LogP contribution in [0.1, 0.15) is 39.5 Å². The highest BCUT2D eigenvalue weighted by atomic mass is 16.5. The van der Waals surface area contributed by atoms with Gasteiger partial charge in [-0.15, -0.1) is 0 Å². The van der Waals surface area contributed by atoms with Crippen LogP contribution in [0.5, 0.6) is 0 Å². The fraction of sp³-hybridized carbons (Fsp3) is 0.917. The van der Waals surface area contributed by atoms with Crippen molar-refractivity contribution in [1.29, 1.82) is 0 Å². The molecule has 88 valence electrons. The maximum Gasteiger partial charge on any atom is 0.307 e. The zero-order valence-corrected chi connectivity index (χ0v) is 10.4. The number of esters is 1. The fourth-order valence-electron chi connectivity index (χ4n) is 2.57. The summed E-state index contributed by atoms with van der Waals surface area (Å²) < 4.78 is 5.05. The van der Waals surface area contributed by atoms with Crippen molar-refractivity contribution >= 4 is 5.97 Å². The summed E-state index contributed by atoms with van der Waals surface area (Å²) >= 11 is 0. The molecule has 2 unspecified atom stereocenters. The van der Waals surface area contributed by atoms with Crippen molar-refractivity contribution in [1.82, 2.24) is 4.90 Å². The Hall–Kier alpha value is -0.570. The zero-order chi connectivity index (χ0) is 11.5. The molecule has 3 nitrogen and oxygen atoms in total. The summed E-state index contributed by atoms with van der Waals surface area (Å²) in [7, 11) is 4.13. The quantitative estimate of drug-likeness (QED) is 0.669. The highest BCUT2D eigenvalue weighted by molar-refractivity contribution is 5.71. The van der Waals surface area contributed by atoms with Gasteiger partial charge in [-0.3, -0.25) is 4.79 Å². The Labute approximate surface area is 92.8 Å². The molecular formula is C12H23NO2. The minimum Gasteiger partial charge on any atom is -0.466 e. The Bertz CT molecular complexity index is 228. The van der Waals surface area contributed by atoms with Gasteiger partial charge in [0.25, 0.3) is 0 Å². The van der Waals surface area contributed by atoms with E-state index in [-0.39, 0.29) is 11.5 Å². The van der Waals surface area contributed by atoms with E-state index in [4.69, 9.17) is 4.74 Å². The first-order chi connectivity index (χ1) is 7.00.